The molecule has 1 aromatic carbocycles. The number of carboxylic acid groups (broad SMARTS) is 1. The van der Waals surface area contributed by atoms with Gasteiger partial charge in [-0.15, -0.1) is 0 Å². The highest BCUT2D eigenvalue weighted by Gasteiger charge is 2.38. The lowest BCUT2D eigenvalue weighted by molar-refractivity contribution is -0.192. The maximum absolute atomic E-state index is 11.4. The van der Waals surface area contributed by atoms with Crippen LogP contribution in [0.5, 0.6) is 0 Å². The molecule has 0 aliphatic carbocycles. The third kappa shape index (κ3) is 7.07. The second kappa shape index (κ2) is 7.82. The van der Waals surface area contributed by atoms with E-state index in [9.17, 15) is 21.6 Å². The molecule has 0 spiro atoms. The van der Waals surface area contributed by atoms with Gasteiger partial charge in [-0.1, -0.05) is 18.2 Å². The molecule has 0 atom stereocenters. The van der Waals surface area contributed by atoms with Crippen LogP contribution in [0.25, 0.3) is 0 Å². The zero-order valence-corrected chi connectivity index (χ0v) is 10.9. The van der Waals surface area contributed by atoms with E-state index in [4.69, 9.17) is 15.6 Å². The summed E-state index contributed by atoms with van der Waals surface area (Å²) in [6.07, 6.45) is -5.08. The molecule has 0 radical (unpaired) electrons. The third-order valence-corrected chi connectivity index (χ3v) is 3.21. The van der Waals surface area contributed by atoms with Crippen LogP contribution in [-0.2, 0) is 14.8 Å². The first-order valence-corrected chi connectivity index (χ1v) is 6.64. The number of aliphatic carboxylic acids is 1. The van der Waals surface area contributed by atoms with Crippen molar-refractivity contribution in [1.82, 2.24) is 4.72 Å². The summed E-state index contributed by atoms with van der Waals surface area (Å²) in [6, 6.07) is 8.20. The Kier molecular flexibility index (Phi) is 7.18. The molecule has 20 heavy (non-hydrogen) atoms. The number of hydrogen-bond acceptors (Lipinski definition) is 4. The fourth-order valence-electron chi connectivity index (χ4n) is 0.876. The summed E-state index contributed by atoms with van der Waals surface area (Å²) in [4.78, 5) is 9.16. The minimum atomic E-state index is -5.08. The Morgan fingerprint density at radius 1 is 1.25 bits per heavy atom. The van der Waals surface area contributed by atoms with Crippen molar-refractivity contribution < 1.29 is 31.5 Å². The first kappa shape index (κ1) is 18.4. The molecule has 0 bridgehead atoms. The summed E-state index contributed by atoms with van der Waals surface area (Å²) >= 11 is 0. The lowest BCUT2D eigenvalue weighted by atomic mass is 10.4. The zero-order chi connectivity index (χ0) is 15.8. The van der Waals surface area contributed by atoms with Gasteiger partial charge in [0.2, 0.25) is 10.0 Å². The largest absolute Gasteiger partial charge is 0.490 e. The molecule has 0 aliphatic heterocycles. The summed E-state index contributed by atoms with van der Waals surface area (Å²) in [6.45, 7) is 0.559. The van der Waals surface area contributed by atoms with E-state index in [1.807, 2.05) is 0 Å². The molecule has 0 aromatic heterocycles. The van der Waals surface area contributed by atoms with Gasteiger partial charge in [-0.2, -0.15) is 13.2 Å². The summed E-state index contributed by atoms with van der Waals surface area (Å²) in [7, 11) is -3.35. The highest BCUT2D eigenvalue weighted by Crippen LogP contribution is 2.13. The van der Waals surface area contributed by atoms with Crippen LogP contribution >= 0.6 is 0 Å². The Balaban J connectivity index is 0.000000441. The summed E-state index contributed by atoms with van der Waals surface area (Å²) in [5.74, 6) is -2.76. The van der Waals surface area contributed by atoms with Crippen molar-refractivity contribution >= 4 is 16.0 Å². The number of halogens is 3. The van der Waals surface area contributed by atoms with Gasteiger partial charge in [0.25, 0.3) is 0 Å². The van der Waals surface area contributed by atoms with E-state index in [2.05, 4.69) is 4.72 Å². The number of sulfonamides is 1. The molecule has 0 aliphatic rings. The molecule has 0 fully saturated rings. The average molecular weight is 314 g/mol. The maximum Gasteiger partial charge on any atom is 0.490 e. The van der Waals surface area contributed by atoms with Gasteiger partial charge in [-0.3, -0.25) is 0 Å². The van der Waals surface area contributed by atoms with Gasteiger partial charge in [-0.25, -0.2) is 17.9 Å². The summed E-state index contributed by atoms with van der Waals surface area (Å²) in [5.41, 5.74) is 5.19. The van der Waals surface area contributed by atoms with Gasteiger partial charge in [0, 0.05) is 13.1 Å². The van der Waals surface area contributed by atoms with Crippen molar-refractivity contribution in [3.05, 3.63) is 30.3 Å². The third-order valence-electron chi connectivity index (χ3n) is 1.73. The zero-order valence-electron chi connectivity index (χ0n) is 10.1. The quantitative estimate of drug-likeness (QED) is 0.752. The minimum Gasteiger partial charge on any atom is -0.475 e. The van der Waals surface area contributed by atoms with Gasteiger partial charge in [0.1, 0.15) is 0 Å². The van der Waals surface area contributed by atoms with Crippen LogP contribution < -0.4 is 10.5 Å². The molecule has 1 aromatic rings. The van der Waals surface area contributed by atoms with Crippen molar-refractivity contribution in [2.75, 3.05) is 13.1 Å². The summed E-state index contributed by atoms with van der Waals surface area (Å²) in [5, 5.41) is 7.12. The Morgan fingerprint density at radius 2 is 1.70 bits per heavy atom. The van der Waals surface area contributed by atoms with Gasteiger partial charge >= 0.3 is 12.1 Å². The first-order valence-electron chi connectivity index (χ1n) is 5.16. The molecule has 4 N–H and O–H groups in total. The lowest BCUT2D eigenvalue weighted by Gasteiger charge is -2.04. The topological polar surface area (TPSA) is 109 Å². The highest BCUT2D eigenvalue weighted by atomic mass is 32.2. The smallest absolute Gasteiger partial charge is 0.475 e. The molecule has 0 saturated heterocycles. The molecule has 0 amide bonds. The second-order valence-electron chi connectivity index (χ2n) is 3.30. The Labute approximate surface area is 113 Å². The van der Waals surface area contributed by atoms with Crippen LogP contribution in [0, 0.1) is 0 Å². The van der Waals surface area contributed by atoms with E-state index in [0.29, 0.717) is 6.54 Å². The monoisotopic (exact) mass is 314 g/mol. The minimum absolute atomic E-state index is 0.261. The van der Waals surface area contributed by atoms with Gasteiger partial charge in [-0.05, 0) is 12.1 Å². The number of benzene rings is 1. The maximum atomic E-state index is 11.4. The van der Waals surface area contributed by atoms with Crippen LogP contribution in [0.3, 0.4) is 0 Å². The van der Waals surface area contributed by atoms with Crippen molar-refractivity contribution in [3.8, 4) is 0 Å². The van der Waals surface area contributed by atoms with Gasteiger partial charge in [0.05, 0.1) is 4.90 Å². The molecule has 114 valence electrons. The standard InChI is InChI=1S/C8H12N2O2S.C2HF3O2/c9-6-7-10-13(11,12)8-4-2-1-3-5-8;3-2(4,5)1(6)7/h1-5,10H,6-7,9H2;(H,6,7). The Bertz CT molecular complexity index is 517. The molecular formula is C10H13F3N2O4S. The van der Waals surface area contributed by atoms with Crippen LogP contribution in [0.15, 0.2) is 35.2 Å². The fraction of sp³-hybridized carbons (Fsp3) is 0.300. The number of alkyl halides is 3. The van der Waals surface area contributed by atoms with Crippen molar-refractivity contribution in [3.63, 3.8) is 0 Å². The van der Waals surface area contributed by atoms with E-state index in [1.54, 1.807) is 30.3 Å². The van der Waals surface area contributed by atoms with E-state index < -0.39 is 22.2 Å². The molecule has 1 rings (SSSR count). The molecular weight excluding hydrogens is 301 g/mol. The van der Waals surface area contributed by atoms with Crippen LogP contribution in [0.2, 0.25) is 0 Å². The van der Waals surface area contributed by atoms with Crippen molar-refractivity contribution in [2.45, 2.75) is 11.1 Å². The van der Waals surface area contributed by atoms with E-state index in [1.165, 1.54) is 0 Å². The van der Waals surface area contributed by atoms with Crippen molar-refractivity contribution in [1.29, 1.82) is 0 Å². The van der Waals surface area contributed by atoms with E-state index in [0.717, 1.165) is 0 Å². The fourth-order valence-corrected chi connectivity index (χ4v) is 1.94. The van der Waals surface area contributed by atoms with E-state index >= 15 is 0 Å². The predicted octanol–water partition coefficient (Wildman–Crippen LogP) is 0.557. The Hall–Kier alpha value is -1.65. The molecule has 0 unspecified atom stereocenters. The van der Waals surface area contributed by atoms with Crippen LogP contribution in [-0.4, -0.2) is 38.8 Å². The molecule has 0 heterocycles. The number of carbonyl (C=O) groups is 1. The Morgan fingerprint density at radius 3 is 2.05 bits per heavy atom. The summed E-state index contributed by atoms with van der Waals surface area (Å²) < 4.78 is 57.0. The highest BCUT2D eigenvalue weighted by molar-refractivity contribution is 7.89. The number of nitrogens with two attached hydrogens (primary N) is 1. The van der Waals surface area contributed by atoms with Crippen LogP contribution in [0.4, 0.5) is 13.2 Å². The number of nitrogens with one attached hydrogen (secondary N) is 1. The predicted molar refractivity (Wildman–Crippen MR) is 64.4 cm³/mol. The second-order valence-corrected chi connectivity index (χ2v) is 5.07. The number of hydrogen-bond donors (Lipinski definition) is 3. The molecule has 0 saturated carbocycles. The lowest BCUT2D eigenvalue weighted by Crippen LogP contribution is -2.29. The SMILES string of the molecule is NCCNS(=O)(=O)c1ccccc1.O=C(O)C(F)(F)F. The normalized spacial score (nSPS) is 11.4. The van der Waals surface area contributed by atoms with E-state index in [-0.39, 0.29) is 11.4 Å². The van der Waals surface area contributed by atoms with Gasteiger partial charge in [0.15, 0.2) is 0 Å². The number of carboxylic acids is 1. The molecule has 10 heteroatoms. The van der Waals surface area contributed by atoms with Gasteiger partial charge < -0.3 is 10.8 Å². The molecule has 6 nitrogen and oxygen atoms in total. The van der Waals surface area contributed by atoms with Crippen molar-refractivity contribution in [2.24, 2.45) is 5.73 Å². The van der Waals surface area contributed by atoms with Crippen LogP contribution in [0.1, 0.15) is 0 Å². The first-order chi connectivity index (χ1) is 9.11. The average Bonchev–Trinajstić information content (AvgIpc) is 2.37. The number of rotatable bonds is 4.